The average Bonchev–Trinajstić information content (AvgIpc) is 2.59. The molecule has 0 saturated heterocycles. The van der Waals surface area contributed by atoms with Gasteiger partial charge in [0.25, 0.3) is 5.56 Å². The van der Waals surface area contributed by atoms with Gasteiger partial charge in [0.1, 0.15) is 5.54 Å². The molecule has 1 aromatic rings. The largest absolute Gasteiger partial charge is 0.464 e. The maximum Gasteiger partial charge on any atom is 0.326 e. The molecule has 0 aromatic carbocycles. The maximum atomic E-state index is 12.3. The third-order valence-corrected chi connectivity index (χ3v) is 5.26. The van der Waals surface area contributed by atoms with Crippen LogP contribution in [-0.4, -0.2) is 40.9 Å². The summed E-state index contributed by atoms with van der Waals surface area (Å²) in [5.74, 6) is 1.17. The molecule has 0 aliphatic rings. The highest BCUT2D eigenvalue weighted by molar-refractivity contribution is 7.99. The number of unbranched alkanes of at least 4 members (excludes halogenated alkanes) is 3. The molecule has 1 heterocycles. The van der Waals surface area contributed by atoms with E-state index in [2.05, 4.69) is 29.1 Å². The summed E-state index contributed by atoms with van der Waals surface area (Å²) in [6, 6.07) is 0. The molecule has 0 fully saturated rings. The Morgan fingerprint density at radius 1 is 1.35 bits per heavy atom. The summed E-state index contributed by atoms with van der Waals surface area (Å²) in [5, 5.41) is 3.77. The first-order valence-electron chi connectivity index (χ1n) is 9.33. The number of carbonyl (C=O) groups excluding carboxylic acids is 1. The molecule has 148 valence electrons. The van der Waals surface area contributed by atoms with Gasteiger partial charge in [-0.05, 0) is 46.1 Å². The second-order valence-electron chi connectivity index (χ2n) is 7.28. The van der Waals surface area contributed by atoms with Crippen LogP contribution in [0.3, 0.4) is 0 Å². The number of H-pyrrole nitrogens is 1. The summed E-state index contributed by atoms with van der Waals surface area (Å²) in [5.41, 5.74) is -0.0510. The third-order valence-electron chi connectivity index (χ3n) is 4.28. The minimum absolute atomic E-state index is 0.0737. The summed E-state index contributed by atoms with van der Waals surface area (Å²) in [6.07, 6.45) is 6.36. The van der Waals surface area contributed by atoms with Gasteiger partial charge in [-0.25, -0.2) is 4.98 Å². The molecule has 0 saturated carbocycles. The average molecular weight is 384 g/mol. The van der Waals surface area contributed by atoms with Crippen LogP contribution in [0, 0.1) is 12.8 Å². The molecule has 6 nitrogen and oxygen atoms in total. The Morgan fingerprint density at radius 3 is 2.65 bits per heavy atom. The van der Waals surface area contributed by atoms with Crippen LogP contribution < -0.4 is 10.9 Å². The van der Waals surface area contributed by atoms with Crippen LogP contribution in [0.2, 0.25) is 0 Å². The van der Waals surface area contributed by atoms with Gasteiger partial charge in [-0.3, -0.25) is 9.59 Å². The lowest BCUT2D eigenvalue weighted by molar-refractivity contribution is -0.151. The van der Waals surface area contributed by atoms with Crippen molar-refractivity contribution in [1.29, 1.82) is 0 Å². The standard InChI is InChI=1S/C19H33N3O3S/c1-14(2)12-19(4,20-5)17(24)25-10-8-6-7-9-11-26-18-21-13-15(3)16(23)22-18/h13-14,20H,6-12H2,1-5H3,(H,21,22,23). The van der Waals surface area contributed by atoms with E-state index in [1.807, 2.05) is 6.92 Å². The summed E-state index contributed by atoms with van der Waals surface area (Å²) >= 11 is 1.56. The van der Waals surface area contributed by atoms with Crippen LogP contribution in [0.15, 0.2) is 16.1 Å². The molecule has 7 heteroatoms. The van der Waals surface area contributed by atoms with E-state index in [1.54, 1.807) is 31.9 Å². The predicted molar refractivity (Wildman–Crippen MR) is 107 cm³/mol. The molecule has 0 amide bonds. The number of thioether (sulfide) groups is 1. The lowest BCUT2D eigenvalue weighted by atomic mass is 9.91. The molecule has 0 aliphatic heterocycles. The van der Waals surface area contributed by atoms with Crippen molar-refractivity contribution in [3.8, 4) is 0 Å². The fourth-order valence-corrected chi connectivity index (χ4v) is 3.50. The van der Waals surface area contributed by atoms with Gasteiger partial charge < -0.3 is 15.0 Å². The van der Waals surface area contributed by atoms with Gasteiger partial charge in [0.2, 0.25) is 0 Å². The molecule has 0 bridgehead atoms. The number of ether oxygens (including phenoxy) is 1. The molecule has 0 radical (unpaired) electrons. The number of esters is 1. The Hall–Kier alpha value is -1.34. The molecular formula is C19H33N3O3S. The summed E-state index contributed by atoms with van der Waals surface area (Å²) in [4.78, 5) is 30.7. The number of aromatic amines is 1. The van der Waals surface area contributed by atoms with Gasteiger partial charge >= 0.3 is 5.97 Å². The van der Waals surface area contributed by atoms with Gasteiger partial charge in [0.05, 0.1) is 6.61 Å². The minimum Gasteiger partial charge on any atom is -0.464 e. The van der Waals surface area contributed by atoms with Gasteiger partial charge in [-0.2, -0.15) is 0 Å². The van der Waals surface area contributed by atoms with Crippen molar-refractivity contribution in [1.82, 2.24) is 15.3 Å². The Balaban J connectivity index is 2.14. The van der Waals surface area contributed by atoms with Crippen molar-refractivity contribution < 1.29 is 9.53 Å². The Labute approximate surface area is 160 Å². The normalized spacial score (nSPS) is 13.6. The zero-order valence-corrected chi connectivity index (χ0v) is 17.5. The molecular weight excluding hydrogens is 350 g/mol. The van der Waals surface area contributed by atoms with Crippen molar-refractivity contribution in [2.45, 2.75) is 70.5 Å². The second kappa shape index (κ2) is 11.4. The SMILES string of the molecule is CNC(C)(CC(C)C)C(=O)OCCCCCCSc1ncc(C)c(=O)[nH]1. The molecule has 1 aromatic heterocycles. The van der Waals surface area contributed by atoms with Gasteiger partial charge in [0, 0.05) is 17.5 Å². The topological polar surface area (TPSA) is 84.1 Å². The van der Waals surface area contributed by atoms with Gasteiger partial charge in [0.15, 0.2) is 5.16 Å². The van der Waals surface area contributed by atoms with Crippen molar-refractivity contribution in [3.05, 3.63) is 22.1 Å². The fourth-order valence-electron chi connectivity index (χ4n) is 2.67. The van der Waals surface area contributed by atoms with E-state index in [-0.39, 0.29) is 11.5 Å². The van der Waals surface area contributed by atoms with Crippen LogP contribution in [-0.2, 0) is 9.53 Å². The van der Waals surface area contributed by atoms with E-state index in [0.717, 1.165) is 37.9 Å². The highest BCUT2D eigenvalue weighted by Crippen LogP contribution is 2.18. The molecule has 0 aliphatic carbocycles. The van der Waals surface area contributed by atoms with E-state index in [1.165, 1.54) is 0 Å². The Kier molecular flexibility index (Phi) is 9.94. The van der Waals surface area contributed by atoms with Gasteiger partial charge in [-0.1, -0.05) is 38.5 Å². The lowest BCUT2D eigenvalue weighted by Gasteiger charge is -2.28. The summed E-state index contributed by atoms with van der Waals surface area (Å²) < 4.78 is 5.44. The fraction of sp³-hybridized carbons (Fsp3) is 0.737. The van der Waals surface area contributed by atoms with E-state index in [9.17, 15) is 9.59 Å². The summed E-state index contributed by atoms with van der Waals surface area (Å²) in [7, 11) is 1.80. The van der Waals surface area contributed by atoms with Crippen LogP contribution in [0.5, 0.6) is 0 Å². The first-order chi connectivity index (χ1) is 12.3. The molecule has 1 unspecified atom stereocenters. The highest BCUT2D eigenvalue weighted by Gasteiger charge is 2.33. The third kappa shape index (κ3) is 7.91. The lowest BCUT2D eigenvalue weighted by Crippen LogP contribution is -2.49. The van der Waals surface area contributed by atoms with Crippen LogP contribution in [0.4, 0.5) is 0 Å². The van der Waals surface area contributed by atoms with E-state index in [0.29, 0.717) is 23.2 Å². The van der Waals surface area contributed by atoms with Crippen molar-refractivity contribution in [3.63, 3.8) is 0 Å². The van der Waals surface area contributed by atoms with Crippen molar-refractivity contribution in [2.75, 3.05) is 19.4 Å². The quantitative estimate of drug-likeness (QED) is 0.249. The van der Waals surface area contributed by atoms with Crippen molar-refractivity contribution >= 4 is 17.7 Å². The Morgan fingerprint density at radius 2 is 2.04 bits per heavy atom. The van der Waals surface area contributed by atoms with E-state index in [4.69, 9.17) is 4.74 Å². The first kappa shape index (κ1) is 22.7. The number of nitrogens with zero attached hydrogens (tertiary/aromatic N) is 1. The molecule has 26 heavy (non-hydrogen) atoms. The van der Waals surface area contributed by atoms with E-state index < -0.39 is 5.54 Å². The monoisotopic (exact) mass is 383 g/mol. The number of aryl methyl sites for hydroxylation is 1. The molecule has 1 rings (SSSR count). The van der Waals surface area contributed by atoms with Crippen LogP contribution >= 0.6 is 11.8 Å². The number of hydrogen-bond acceptors (Lipinski definition) is 6. The number of aromatic nitrogens is 2. The molecule has 0 spiro atoms. The van der Waals surface area contributed by atoms with Crippen LogP contribution in [0.25, 0.3) is 0 Å². The number of rotatable bonds is 12. The number of carbonyl (C=O) groups is 1. The first-order valence-corrected chi connectivity index (χ1v) is 10.3. The predicted octanol–water partition coefficient (Wildman–Crippen LogP) is 3.30. The van der Waals surface area contributed by atoms with Crippen molar-refractivity contribution in [2.24, 2.45) is 5.92 Å². The zero-order valence-electron chi connectivity index (χ0n) is 16.7. The minimum atomic E-state index is -0.608. The van der Waals surface area contributed by atoms with Gasteiger partial charge in [-0.15, -0.1) is 0 Å². The number of hydrogen-bond donors (Lipinski definition) is 2. The summed E-state index contributed by atoms with van der Waals surface area (Å²) in [6.45, 7) is 8.31. The smallest absolute Gasteiger partial charge is 0.326 e. The zero-order chi connectivity index (χ0) is 19.6. The number of likely N-dealkylation sites (N-methyl/N-ethyl adjacent to an activating group) is 1. The Bertz CT molecular complexity index is 618. The second-order valence-corrected chi connectivity index (χ2v) is 8.36. The van der Waals surface area contributed by atoms with Crippen LogP contribution in [0.1, 0.15) is 58.4 Å². The maximum absolute atomic E-state index is 12.3. The molecule has 1 atom stereocenters. The highest BCUT2D eigenvalue weighted by atomic mass is 32.2. The molecule has 2 N–H and O–H groups in total. The number of nitrogens with one attached hydrogen (secondary N) is 2. The van der Waals surface area contributed by atoms with E-state index >= 15 is 0 Å².